The zero-order valence-electron chi connectivity index (χ0n) is 12.6. The molecule has 0 saturated carbocycles. The maximum absolute atomic E-state index is 12.4. The fourth-order valence-corrected chi connectivity index (χ4v) is 3.08. The highest BCUT2D eigenvalue weighted by Gasteiger charge is 2.25. The Morgan fingerprint density at radius 3 is 2.26 bits per heavy atom. The summed E-state index contributed by atoms with van der Waals surface area (Å²) in [5, 5.41) is 18.5. The highest BCUT2D eigenvalue weighted by atomic mass is 32.2. The Morgan fingerprint density at radius 1 is 1.13 bits per heavy atom. The van der Waals surface area contributed by atoms with Crippen LogP contribution in [0.3, 0.4) is 0 Å². The van der Waals surface area contributed by atoms with Crippen molar-refractivity contribution in [3.63, 3.8) is 0 Å². The molecule has 2 N–H and O–H groups in total. The molecule has 23 heavy (non-hydrogen) atoms. The molecule has 2 aromatic rings. The van der Waals surface area contributed by atoms with Crippen LogP contribution in [0.4, 0.5) is 0 Å². The first-order valence-corrected chi connectivity index (χ1v) is 8.30. The molecular formula is C16H16O6S. The van der Waals surface area contributed by atoms with E-state index in [9.17, 15) is 18.3 Å². The number of carboxylic acid groups (broad SMARTS) is 1. The van der Waals surface area contributed by atoms with E-state index in [1.165, 1.54) is 25.1 Å². The Morgan fingerprint density at radius 2 is 1.74 bits per heavy atom. The fraction of sp³-hybridized carbons (Fsp3) is 0.188. The van der Waals surface area contributed by atoms with E-state index in [0.717, 1.165) is 17.7 Å². The lowest BCUT2D eigenvalue weighted by Crippen LogP contribution is -2.24. The first-order valence-electron chi connectivity index (χ1n) is 6.75. The van der Waals surface area contributed by atoms with Crippen LogP contribution in [0.15, 0.2) is 47.4 Å². The van der Waals surface area contributed by atoms with E-state index in [1.807, 2.05) is 6.92 Å². The van der Waals surface area contributed by atoms with Crippen LogP contribution in [0.2, 0.25) is 0 Å². The second-order valence-electron chi connectivity index (χ2n) is 5.03. The summed E-state index contributed by atoms with van der Waals surface area (Å²) >= 11 is 0. The number of aromatic hydroxyl groups is 1. The van der Waals surface area contributed by atoms with E-state index < -0.39 is 27.0 Å². The topological polar surface area (TPSA) is 101 Å². The zero-order chi connectivity index (χ0) is 17.2. The third-order valence-corrected chi connectivity index (χ3v) is 5.19. The molecule has 2 rings (SSSR count). The van der Waals surface area contributed by atoms with Gasteiger partial charge in [0.15, 0.2) is 0 Å². The summed E-state index contributed by atoms with van der Waals surface area (Å²) in [6, 6.07) is 9.89. The first kappa shape index (κ1) is 16.8. The molecule has 1 atom stereocenters. The van der Waals surface area contributed by atoms with Crippen LogP contribution in [0.1, 0.15) is 22.8 Å². The molecule has 0 fully saturated rings. The van der Waals surface area contributed by atoms with E-state index >= 15 is 0 Å². The van der Waals surface area contributed by atoms with Gasteiger partial charge in [0.25, 0.3) is 0 Å². The van der Waals surface area contributed by atoms with Crippen molar-refractivity contribution in [3.05, 3.63) is 53.6 Å². The predicted molar refractivity (Wildman–Crippen MR) is 83.5 cm³/mol. The minimum atomic E-state index is -3.71. The third-order valence-electron chi connectivity index (χ3n) is 3.29. The van der Waals surface area contributed by atoms with Crippen molar-refractivity contribution in [2.24, 2.45) is 0 Å². The lowest BCUT2D eigenvalue weighted by Gasteiger charge is -2.16. The fourth-order valence-electron chi connectivity index (χ4n) is 1.94. The minimum absolute atomic E-state index is 0.0655. The number of ether oxygens (including phenoxy) is 1. The van der Waals surface area contributed by atoms with Crippen molar-refractivity contribution >= 4 is 15.8 Å². The van der Waals surface area contributed by atoms with Gasteiger partial charge in [0.2, 0.25) is 15.3 Å². The van der Waals surface area contributed by atoms with Crippen molar-refractivity contribution in [2.45, 2.75) is 24.2 Å². The van der Waals surface area contributed by atoms with Crippen LogP contribution < -0.4 is 4.74 Å². The summed E-state index contributed by atoms with van der Waals surface area (Å²) in [6.07, 6.45) is 0. The number of aromatic carboxylic acids is 1. The molecule has 0 aromatic heterocycles. The molecule has 0 aliphatic heterocycles. The molecular weight excluding hydrogens is 320 g/mol. The molecule has 0 aliphatic carbocycles. The first-order chi connectivity index (χ1) is 10.7. The lowest BCUT2D eigenvalue weighted by atomic mass is 10.2. The maximum Gasteiger partial charge on any atom is 0.339 e. The summed E-state index contributed by atoms with van der Waals surface area (Å²) in [6.45, 7) is 3.22. The number of hydrogen-bond acceptors (Lipinski definition) is 5. The number of hydrogen-bond donors (Lipinski definition) is 2. The Balaban J connectivity index is 2.24. The average molecular weight is 336 g/mol. The molecule has 0 amide bonds. The number of sulfone groups is 1. The number of aryl methyl sites for hydroxylation is 1. The summed E-state index contributed by atoms with van der Waals surface area (Å²) in [7, 11) is -3.71. The van der Waals surface area contributed by atoms with Gasteiger partial charge in [0, 0.05) is 6.07 Å². The molecule has 0 bridgehead atoms. The number of phenols is 1. The Hall–Kier alpha value is -2.54. The average Bonchev–Trinajstić information content (AvgIpc) is 2.47. The second-order valence-corrected chi connectivity index (χ2v) is 7.25. The molecule has 0 radical (unpaired) electrons. The zero-order valence-corrected chi connectivity index (χ0v) is 13.4. The summed E-state index contributed by atoms with van der Waals surface area (Å²) < 4.78 is 30.2. The number of benzene rings is 2. The van der Waals surface area contributed by atoms with Gasteiger partial charge < -0.3 is 14.9 Å². The summed E-state index contributed by atoms with van der Waals surface area (Å²) in [5.41, 5.74) is -0.543. The summed E-state index contributed by atoms with van der Waals surface area (Å²) in [4.78, 5) is 11.0. The maximum atomic E-state index is 12.4. The van der Waals surface area contributed by atoms with Gasteiger partial charge in [-0.15, -0.1) is 0 Å². The van der Waals surface area contributed by atoms with Crippen LogP contribution in [0, 0.1) is 6.92 Å². The van der Waals surface area contributed by atoms with Gasteiger partial charge >= 0.3 is 5.97 Å². The molecule has 0 saturated heterocycles. The number of rotatable bonds is 5. The molecule has 0 spiro atoms. The SMILES string of the molecule is Cc1ccc(S(=O)(=O)C(C)Oc2ccc(C(=O)O)c(O)c2)cc1. The van der Waals surface area contributed by atoms with Crippen LogP contribution >= 0.6 is 0 Å². The molecule has 0 heterocycles. The molecule has 1 unspecified atom stereocenters. The van der Waals surface area contributed by atoms with Crippen molar-refractivity contribution in [2.75, 3.05) is 0 Å². The van der Waals surface area contributed by atoms with Crippen molar-refractivity contribution < 1.29 is 28.2 Å². The Labute approximate surface area is 133 Å². The van der Waals surface area contributed by atoms with Crippen molar-refractivity contribution in [1.82, 2.24) is 0 Å². The highest BCUT2D eigenvalue weighted by molar-refractivity contribution is 7.91. The number of carboxylic acids is 1. The minimum Gasteiger partial charge on any atom is -0.507 e. The van der Waals surface area contributed by atoms with E-state index in [2.05, 4.69) is 0 Å². The number of carbonyl (C=O) groups is 1. The standard InChI is InChI=1S/C16H16O6S/c1-10-3-6-13(7-4-10)23(20,21)11(2)22-12-5-8-14(16(18)19)15(17)9-12/h3-9,11,17H,1-2H3,(H,18,19). The van der Waals surface area contributed by atoms with Gasteiger partial charge in [-0.25, -0.2) is 13.2 Å². The summed E-state index contributed by atoms with van der Waals surface area (Å²) in [5.74, 6) is -1.71. The van der Waals surface area contributed by atoms with E-state index in [4.69, 9.17) is 9.84 Å². The van der Waals surface area contributed by atoms with Gasteiger partial charge in [-0.1, -0.05) is 17.7 Å². The lowest BCUT2D eigenvalue weighted by molar-refractivity contribution is 0.0693. The van der Waals surface area contributed by atoms with Crippen LogP contribution in [-0.2, 0) is 9.84 Å². The van der Waals surface area contributed by atoms with E-state index in [0.29, 0.717) is 0 Å². The molecule has 7 heteroatoms. The normalized spacial score (nSPS) is 12.6. The van der Waals surface area contributed by atoms with Crippen LogP contribution in [-0.4, -0.2) is 30.0 Å². The molecule has 0 aliphatic rings. The molecule has 6 nitrogen and oxygen atoms in total. The monoisotopic (exact) mass is 336 g/mol. The van der Waals surface area contributed by atoms with Crippen molar-refractivity contribution in [3.8, 4) is 11.5 Å². The second kappa shape index (κ2) is 6.29. The van der Waals surface area contributed by atoms with Gasteiger partial charge in [-0.3, -0.25) is 0 Å². The van der Waals surface area contributed by atoms with Crippen LogP contribution in [0.25, 0.3) is 0 Å². The van der Waals surface area contributed by atoms with Gasteiger partial charge in [0.1, 0.15) is 17.1 Å². The van der Waals surface area contributed by atoms with Gasteiger partial charge in [-0.2, -0.15) is 0 Å². The Bertz CT molecular complexity index is 824. The van der Waals surface area contributed by atoms with Gasteiger partial charge in [0.05, 0.1) is 4.90 Å². The van der Waals surface area contributed by atoms with Gasteiger partial charge in [-0.05, 0) is 38.1 Å². The molecule has 122 valence electrons. The Kier molecular flexibility index (Phi) is 4.60. The largest absolute Gasteiger partial charge is 0.507 e. The third kappa shape index (κ3) is 3.62. The quantitative estimate of drug-likeness (QED) is 0.870. The smallest absolute Gasteiger partial charge is 0.339 e. The van der Waals surface area contributed by atoms with Crippen LogP contribution in [0.5, 0.6) is 11.5 Å². The van der Waals surface area contributed by atoms with E-state index in [1.54, 1.807) is 12.1 Å². The molecule has 2 aromatic carbocycles. The van der Waals surface area contributed by atoms with Crippen molar-refractivity contribution in [1.29, 1.82) is 0 Å². The van der Waals surface area contributed by atoms with E-state index in [-0.39, 0.29) is 16.2 Å². The highest BCUT2D eigenvalue weighted by Crippen LogP contribution is 2.26. The predicted octanol–water partition coefficient (Wildman–Crippen LogP) is 2.60.